The summed E-state index contributed by atoms with van der Waals surface area (Å²) in [6, 6.07) is 9.86. The number of nitrogens with zero attached hydrogens (tertiary/aromatic N) is 3. The Hall–Kier alpha value is -2.47. The third-order valence-corrected chi connectivity index (χ3v) is 4.24. The molecule has 0 unspecified atom stereocenters. The molecule has 1 aliphatic heterocycles. The third-order valence-electron chi connectivity index (χ3n) is 4.24. The molecule has 1 amide bonds. The number of piperazine rings is 1. The van der Waals surface area contributed by atoms with Crippen molar-refractivity contribution in [2.75, 3.05) is 38.0 Å². The average Bonchev–Trinajstić information content (AvgIpc) is 2.64. The first-order chi connectivity index (χ1) is 11.7. The van der Waals surface area contributed by atoms with E-state index in [0.717, 1.165) is 32.7 Å². The molecule has 1 aliphatic rings. The second-order valence-electron chi connectivity index (χ2n) is 5.76. The number of nitrogens with one attached hydrogen (secondary N) is 1. The van der Waals surface area contributed by atoms with Gasteiger partial charge in [-0.05, 0) is 30.8 Å². The molecule has 1 saturated heterocycles. The predicted molar refractivity (Wildman–Crippen MR) is 91.9 cm³/mol. The monoisotopic (exact) mass is 328 g/mol. The molecule has 3 rings (SSSR count). The maximum atomic E-state index is 13.6. The molecular weight excluding hydrogens is 307 g/mol. The number of para-hydroxylation sites is 1. The van der Waals surface area contributed by atoms with Crippen LogP contribution in [-0.2, 0) is 0 Å². The molecule has 5 nitrogen and oxygen atoms in total. The molecule has 0 radical (unpaired) electrons. The average molecular weight is 328 g/mol. The van der Waals surface area contributed by atoms with E-state index in [1.54, 1.807) is 36.5 Å². The molecule has 1 aromatic carbocycles. The van der Waals surface area contributed by atoms with Crippen molar-refractivity contribution in [3.8, 4) is 0 Å². The van der Waals surface area contributed by atoms with Gasteiger partial charge in [0, 0.05) is 26.2 Å². The van der Waals surface area contributed by atoms with Crippen LogP contribution in [0.5, 0.6) is 0 Å². The van der Waals surface area contributed by atoms with E-state index in [1.165, 1.54) is 6.07 Å². The fraction of sp³-hybridized carbons (Fsp3) is 0.333. The quantitative estimate of drug-likeness (QED) is 0.937. The number of hydrogen-bond donors (Lipinski definition) is 1. The Kier molecular flexibility index (Phi) is 5.05. The number of amides is 1. The summed E-state index contributed by atoms with van der Waals surface area (Å²) in [6.45, 7) is 6.38. The van der Waals surface area contributed by atoms with Gasteiger partial charge in [-0.3, -0.25) is 4.79 Å². The Balaban J connectivity index is 1.64. The van der Waals surface area contributed by atoms with Gasteiger partial charge in [-0.25, -0.2) is 9.37 Å². The Morgan fingerprint density at radius 2 is 1.92 bits per heavy atom. The summed E-state index contributed by atoms with van der Waals surface area (Å²) in [5, 5.41) is 2.96. The standard InChI is InChI=1S/C18H21FN4O/c1-2-22-9-11-23(12-10-22)18(24)17-8-7-14(13-20-17)21-16-6-4-3-5-15(16)19/h3-8,13,21H,2,9-12H2,1H3. The summed E-state index contributed by atoms with van der Waals surface area (Å²) < 4.78 is 13.6. The highest BCUT2D eigenvalue weighted by molar-refractivity contribution is 5.92. The maximum Gasteiger partial charge on any atom is 0.272 e. The van der Waals surface area contributed by atoms with Gasteiger partial charge < -0.3 is 15.1 Å². The number of benzene rings is 1. The second kappa shape index (κ2) is 7.40. The molecule has 0 bridgehead atoms. The van der Waals surface area contributed by atoms with Gasteiger partial charge in [0.1, 0.15) is 11.5 Å². The fourth-order valence-corrected chi connectivity index (χ4v) is 2.74. The van der Waals surface area contributed by atoms with Gasteiger partial charge in [-0.1, -0.05) is 19.1 Å². The van der Waals surface area contributed by atoms with Crippen LogP contribution in [0.4, 0.5) is 15.8 Å². The highest BCUT2D eigenvalue weighted by Gasteiger charge is 2.22. The molecule has 0 saturated carbocycles. The summed E-state index contributed by atoms with van der Waals surface area (Å²) in [5.41, 5.74) is 1.44. The summed E-state index contributed by atoms with van der Waals surface area (Å²) >= 11 is 0. The van der Waals surface area contributed by atoms with Crippen molar-refractivity contribution in [1.29, 1.82) is 0 Å². The summed E-state index contributed by atoms with van der Waals surface area (Å²) in [5.74, 6) is -0.380. The maximum absolute atomic E-state index is 13.6. The lowest BCUT2D eigenvalue weighted by molar-refractivity contribution is 0.0637. The number of halogens is 1. The first kappa shape index (κ1) is 16.4. The zero-order valence-electron chi connectivity index (χ0n) is 13.7. The minimum atomic E-state index is -0.327. The lowest BCUT2D eigenvalue weighted by atomic mass is 10.2. The summed E-state index contributed by atoms with van der Waals surface area (Å²) in [4.78, 5) is 20.9. The third kappa shape index (κ3) is 3.71. The van der Waals surface area contributed by atoms with Crippen LogP contribution in [0.3, 0.4) is 0 Å². The zero-order chi connectivity index (χ0) is 16.9. The summed E-state index contributed by atoms with van der Waals surface area (Å²) in [7, 11) is 0. The van der Waals surface area contributed by atoms with E-state index in [4.69, 9.17) is 0 Å². The summed E-state index contributed by atoms with van der Waals surface area (Å²) in [6.07, 6.45) is 1.56. The van der Waals surface area contributed by atoms with Crippen molar-refractivity contribution < 1.29 is 9.18 Å². The van der Waals surface area contributed by atoms with E-state index in [0.29, 0.717) is 17.1 Å². The largest absolute Gasteiger partial charge is 0.352 e. The number of aromatic nitrogens is 1. The van der Waals surface area contributed by atoms with Crippen LogP contribution in [0.15, 0.2) is 42.6 Å². The second-order valence-corrected chi connectivity index (χ2v) is 5.76. The number of anilines is 2. The van der Waals surface area contributed by atoms with Crippen LogP contribution in [0, 0.1) is 5.82 Å². The number of hydrogen-bond acceptors (Lipinski definition) is 4. The Bertz CT molecular complexity index is 696. The van der Waals surface area contributed by atoms with Gasteiger partial charge in [0.25, 0.3) is 5.91 Å². The molecule has 0 atom stereocenters. The molecule has 1 fully saturated rings. The normalized spacial score (nSPS) is 15.3. The van der Waals surface area contributed by atoms with Gasteiger partial charge >= 0.3 is 0 Å². The minimum absolute atomic E-state index is 0.0526. The molecule has 24 heavy (non-hydrogen) atoms. The van der Waals surface area contributed by atoms with E-state index in [2.05, 4.69) is 22.1 Å². The fourth-order valence-electron chi connectivity index (χ4n) is 2.74. The van der Waals surface area contributed by atoms with Gasteiger partial charge in [0.05, 0.1) is 17.6 Å². The van der Waals surface area contributed by atoms with Crippen molar-refractivity contribution in [2.24, 2.45) is 0 Å². The van der Waals surface area contributed by atoms with Crippen molar-refractivity contribution in [2.45, 2.75) is 6.92 Å². The molecule has 126 valence electrons. The molecule has 0 aliphatic carbocycles. The van der Waals surface area contributed by atoms with Crippen molar-refractivity contribution in [3.63, 3.8) is 0 Å². The smallest absolute Gasteiger partial charge is 0.272 e. The van der Waals surface area contributed by atoms with Gasteiger partial charge in [0.2, 0.25) is 0 Å². The van der Waals surface area contributed by atoms with Crippen molar-refractivity contribution in [1.82, 2.24) is 14.8 Å². The SMILES string of the molecule is CCN1CCN(C(=O)c2ccc(Nc3ccccc3F)cn2)CC1. The van der Waals surface area contributed by atoms with Gasteiger partial charge in [-0.15, -0.1) is 0 Å². The van der Waals surface area contributed by atoms with Crippen molar-refractivity contribution >= 4 is 17.3 Å². The topological polar surface area (TPSA) is 48.5 Å². The van der Waals surface area contributed by atoms with E-state index < -0.39 is 0 Å². The molecular formula is C18H21FN4O. The highest BCUT2D eigenvalue weighted by Crippen LogP contribution is 2.19. The number of likely N-dealkylation sites (N-methyl/N-ethyl adjacent to an activating group) is 1. The predicted octanol–water partition coefficient (Wildman–Crippen LogP) is 2.74. The van der Waals surface area contributed by atoms with Crippen LogP contribution < -0.4 is 5.32 Å². The zero-order valence-corrected chi connectivity index (χ0v) is 13.7. The van der Waals surface area contributed by atoms with E-state index in [9.17, 15) is 9.18 Å². The molecule has 0 spiro atoms. The molecule has 6 heteroatoms. The van der Waals surface area contributed by atoms with Crippen LogP contribution >= 0.6 is 0 Å². The van der Waals surface area contributed by atoms with Crippen molar-refractivity contribution in [3.05, 3.63) is 54.1 Å². The first-order valence-electron chi connectivity index (χ1n) is 8.16. The Morgan fingerprint density at radius 3 is 2.54 bits per heavy atom. The number of pyridine rings is 1. The highest BCUT2D eigenvalue weighted by atomic mass is 19.1. The number of rotatable bonds is 4. The number of carbonyl (C=O) groups excluding carboxylic acids is 1. The van der Waals surface area contributed by atoms with E-state index in [1.807, 2.05) is 4.90 Å². The lowest BCUT2D eigenvalue weighted by Gasteiger charge is -2.33. The minimum Gasteiger partial charge on any atom is -0.352 e. The Labute approximate surface area is 141 Å². The molecule has 2 aromatic rings. The van der Waals surface area contributed by atoms with E-state index >= 15 is 0 Å². The molecule has 2 heterocycles. The molecule has 1 aromatic heterocycles. The van der Waals surface area contributed by atoms with Crippen LogP contribution in [-0.4, -0.2) is 53.4 Å². The van der Waals surface area contributed by atoms with Gasteiger partial charge in [-0.2, -0.15) is 0 Å². The molecule has 1 N–H and O–H groups in total. The number of carbonyl (C=O) groups is 1. The first-order valence-corrected chi connectivity index (χ1v) is 8.16. The lowest BCUT2D eigenvalue weighted by Crippen LogP contribution is -2.48. The van der Waals surface area contributed by atoms with Gasteiger partial charge in [0.15, 0.2) is 0 Å². The van der Waals surface area contributed by atoms with Crippen LogP contribution in [0.2, 0.25) is 0 Å². The Morgan fingerprint density at radius 1 is 1.17 bits per heavy atom. The van der Waals surface area contributed by atoms with E-state index in [-0.39, 0.29) is 11.7 Å². The van der Waals surface area contributed by atoms with Crippen LogP contribution in [0.25, 0.3) is 0 Å². The van der Waals surface area contributed by atoms with Crippen LogP contribution in [0.1, 0.15) is 17.4 Å².